The van der Waals surface area contributed by atoms with Gasteiger partial charge in [-0.05, 0) is 30.9 Å². The number of ether oxygens (including phenoxy) is 2. The van der Waals surface area contributed by atoms with E-state index in [2.05, 4.69) is 19.1 Å². The van der Waals surface area contributed by atoms with Crippen LogP contribution in [0.1, 0.15) is 24.0 Å². The second kappa shape index (κ2) is 7.64. The first kappa shape index (κ1) is 17.4. The summed E-state index contributed by atoms with van der Waals surface area (Å²) in [6, 6.07) is 8.14. The van der Waals surface area contributed by atoms with E-state index in [4.69, 9.17) is 9.47 Å². The smallest absolute Gasteiger partial charge is 0.226 e. The first-order valence-corrected chi connectivity index (χ1v) is 8.79. The standard InChI is InChI=1S/C19H27NO4/c1-15-4-2-3-5-17(15)12-19(14-21)13-20(8-11-24-19)18(22)16-6-9-23-10-7-16/h2-5,16,21H,6-14H2,1H3. The van der Waals surface area contributed by atoms with Crippen molar-refractivity contribution in [1.82, 2.24) is 4.90 Å². The molecule has 1 unspecified atom stereocenters. The predicted molar refractivity (Wildman–Crippen MR) is 90.8 cm³/mol. The number of benzene rings is 1. The van der Waals surface area contributed by atoms with Crippen LogP contribution >= 0.6 is 0 Å². The summed E-state index contributed by atoms with van der Waals surface area (Å²) in [4.78, 5) is 14.7. The number of morpholine rings is 1. The first-order valence-electron chi connectivity index (χ1n) is 8.79. The van der Waals surface area contributed by atoms with E-state index in [-0.39, 0.29) is 18.4 Å². The van der Waals surface area contributed by atoms with Crippen LogP contribution < -0.4 is 0 Å². The van der Waals surface area contributed by atoms with Crippen molar-refractivity contribution < 1.29 is 19.4 Å². The summed E-state index contributed by atoms with van der Waals surface area (Å²) in [6.45, 7) is 4.83. The highest BCUT2D eigenvalue weighted by Crippen LogP contribution is 2.27. The summed E-state index contributed by atoms with van der Waals surface area (Å²) in [7, 11) is 0. The van der Waals surface area contributed by atoms with E-state index in [1.165, 1.54) is 5.56 Å². The summed E-state index contributed by atoms with van der Waals surface area (Å²) >= 11 is 0. The maximum atomic E-state index is 12.8. The van der Waals surface area contributed by atoms with Crippen LogP contribution in [0, 0.1) is 12.8 Å². The molecule has 5 nitrogen and oxygen atoms in total. The van der Waals surface area contributed by atoms with Gasteiger partial charge in [-0.15, -0.1) is 0 Å². The van der Waals surface area contributed by atoms with Crippen LogP contribution in [0.25, 0.3) is 0 Å². The van der Waals surface area contributed by atoms with E-state index in [9.17, 15) is 9.90 Å². The Morgan fingerprint density at radius 3 is 2.75 bits per heavy atom. The van der Waals surface area contributed by atoms with Gasteiger partial charge >= 0.3 is 0 Å². The average Bonchev–Trinajstić information content (AvgIpc) is 2.64. The van der Waals surface area contributed by atoms with Gasteiger partial charge in [0.25, 0.3) is 0 Å². The second-order valence-electron chi connectivity index (χ2n) is 6.94. The molecule has 0 aromatic heterocycles. The molecule has 2 heterocycles. The zero-order valence-corrected chi connectivity index (χ0v) is 14.4. The predicted octanol–water partition coefficient (Wildman–Crippen LogP) is 1.55. The number of nitrogens with zero attached hydrogens (tertiary/aromatic N) is 1. The molecule has 2 aliphatic rings. The fourth-order valence-electron chi connectivity index (χ4n) is 3.65. The van der Waals surface area contributed by atoms with E-state index in [1.54, 1.807) is 0 Å². The fraction of sp³-hybridized carbons (Fsp3) is 0.632. The molecule has 0 radical (unpaired) electrons. The number of aryl methyl sites for hydroxylation is 1. The summed E-state index contributed by atoms with van der Waals surface area (Å²) in [5.74, 6) is 0.232. The van der Waals surface area contributed by atoms with Crippen LogP contribution in [0.3, 0.4) is 0 Å². The number of hydrogen-bond acceptors (Lipinski definition) is 4. The van der Waals surface area contributed by atoms with Gasteiger partial charge in [0.05, 0.1) is 19.8 Å². The van der Waals surface area contributed by atoms with Gasteiger partial charge in [0, 0.05) is 32.1 Å². The summed E-state index contributed by atoms with van der Waals surface area (Å²) in [5, 5.41) is 10.0. The van der Waals surface area contributed by atoms with Gasteiger partial charge in [-0.3, -0.25) is 4.79 Å². The first-order chi connectivity index (χ1) is 11.6. The zero-order chi connectivity index (χ0) is 17.0. The maximum absolute atomic E-state index is 12.8. The summed E-state index contributed by atoms with van der Waals surface area (Å²) in [6.07, 6.45) is 2.20. The lowest BCUT2D eigenvalue weighted by Crippen LogP contribution is -2.58. The molecular weight excluding hydrogens is 306 g/mol. The minimum absolute atomic E-state index is 0.0479. The zero-order valence-electron chi connectivity index (χ0n) is 14.4. The maximum Gasteiger partial charge on any atom is 0.226 e. The lowest BCUT2D eigenvalue weighted by molar-refractivity contribution is -0.163. The number of aliphatic hydroxyl groups is 1. The van der Waals surface area contributed by atoms with Gasteiger partial charge in [-0.25, -0.2) is 0 Å². The van der Waals surface area contributed by atoms with Gasteiger partial charge in [0.2, 0.25) is 5.91 Å². The molecule has 0 saturated carbocycles. The van der Waals surface area contributed by atoms with Crippen molar-refractivity contribution in [3.63, 3.8) is 0 Å². The minimum Gasteiger partial charge on any atom is -0.393 e. The number of rotatable bonds is 4. The Morgan fingerprint density at radius 2 is 2.04 bits per heavy atom. The van der Waals surface area contributed by atoms with Crippen molar-refractivity contribution in [1.29, 1.82) is 0 Å². The topological polar surface area (TPSA) is 59.0 Å². The summed E-state index contributed by atoms with van der Waals surface area (Å²) in [5.41, 5.74) is 1.64. The van der Waals surface area contributed by atoms with Gasteiger partial charge in [-0.2, -0.15) is 0 Å². The molecule has 1 aromatic rings. The third-order valence-corrected chi connectivity index (χ3v) is 5.19. The van der Waals surface area contributed by atoms with E-state index in [0.29, 0.717) is 39.3 Å². The average molecular weight is 333 g/mol. The molecule has 24 heavy (non-hydrogen) atoms. The molecular formula is C19H27NO4. The molecule has 2 aliphatic heterocycles. The molecule has 0 aliphatic carbocycles. The Kier molecular flexibility index (Phi) is 5.54. The molecule has 0 bridgehead atoms. The Balaban J connectivity index is 1.71. The molecule has 5 heteroatoms. The number of carbonyl (C=O) groups is 1. The number of amides is 1. The Morgan fingerprint density at radius 1 is 1.29 bits per heavy atom. The van der Waals surface area contributed by atoms with E-state index >= 15 is 0 Å². The SMILES string of the molecule is Cc1ccccc1CC1(CO)CN(C(=O)C2CCOCC2)CCO1. The van der Waals surface area contributed by atoms with Gasteiger partial charge in [0.15, 0.2) is 0 Å². The number of aliphatic hydroxyl groups excluding tert-OH is 1. The molecule has 1 N–H and O–H groups in total. The minimum atomic E-state index is -0.703. The second-order valence-corrected chi connectivity index (χ2v) is 6.94. The van der Waals surface area contributed by atoms with E-state index in [0.717, 1.165) is 18.4 Å². The van der Waals surface area contributed by atoms with Crippen LogP contribution in [-0.4, -0.2) is 61.0 Å². The monoisotopic (exact) mass is 333 g/mol. The van der Waals surface area contributed by atoms with Crippen molar-refractivity contribution in [2.75, 3.05) is 39.5 Å². The molecule has 1 aromatic carbocycles. The molecule has 3 rings (SSSR count). The summed E-state index contributed by atoms with van der Waals surface area (Å²) < 4.78 is 11.3. The van der Waals surface area contributed by atoms with Crippen LogP contribution in [0.15, 0.2) is 24.3 Å². The highest BCUT2D eigenvalue weighted by Gasteiger charge is 2.40. The molecule has 2 saturated heterocycles. The van der Waals surface area contributed by atoms with Crippen molar-refractivity contribution >= 4 is 5.91 Å². The largest absolute Gasteiger partial charge is 0.393 e. The quantitative estimate of drug-likeness (QED) is 0.908. The fourth-order valence-corrected chi connectivity index (χ4v) is 3.65. The van der Waals surface area contributed by atoms with E-state index in [1.807, 2.05) is 17.0 Å². The number of carbonyl (C=O) groups excluding carboxylic acids is 1. The molecule has 2 fully saturated rings. The van der Waals surface area contributed by atoms with Crippen LogP contribution in [-0.2, 0) is 20.7 Å². The highest BCUT2D eigenvalue weighted by molar-refractivity contribution is 5.79. The lowest BCUT2D eigenvalue weighted by Gasteiger charge is -2.43. The van der Waals surface area contributed by atoms with Crippen molar-refractivity contribution in [3.05, 3.63) is 35.4 Å². The van der Waals surface area contributed by atoms with Gasteiger partial charge in [0.1, 0.15) is 5.60 Å². The molecule has 132 valence electrons. The Labute approximate surface area is 143 Å². The Bertz CT molecular complexity index is 570. The van der Waals surface area contributed by atoms with Crippen LogP contribution in [0.2, 0.25) is 0 Å². The van der Waals surface area contributed by atoms with Crippen molar-refractivity contribution in [3.8, 4) is 0 Å². The number of hydrogen-bond donors (Lipinski definition) is 1. The molecule has 0 spiro atoms. The van der Waals surface area contributed by atoms with Crippen molar-refractivity contribution in [2.24, 2.45) is 5.92 Å². The Hall–Kier alpha value is -1.43. The van der Waals surface area contributed by atoms with E-state index < -0.39 is 5.60 Å². The third kappa shape index (κ3) is 3.79. The third-order valence-electron chi connectivity index (χ3n) is 5.19. The highest BCUT2D eigenvalue weighted by atomic mass is 16.5. The molecule has 1 amide bonds. The lowest BCUT2D eigenvalue weighted by atomic mass is 9.90. The van der Waals surface area contributed by atoms with Crippen molar-refractivity contribution in [2.45, 2.75) is 31.8 Å². The van der Waals surface area contributed by atoms with Gasteiger partial charge < -0.3 is 19.5 Å². The van der Waals surface area contributed by atoms with Crippen LogP contribution in [0.4, 0.5) is 0 Å². The van der Waals surface area contributed by atoms with Gasteiger partial charge in [-0.1, -0.05) is 24.3 Å². The normalized spacial score (nSPS) is 25.7. The molecule has 1 atom stereocenters. The van der Waals surface area contributed by atoms with Crippen LogP contribution in [0.5, 0.6) is 0 Å².